The normalized spacial score (nSPS) is 27.3. The molecular formula is C22H26ClF2N3O3. The van der Waals surface area contributed by atoms with Crippen LogP contribution in [0.3, 0.4) is 0 Å². The lowest BCUT2D eigenvalue weighted by molar-refractivity contribution is -0.132. The molecule has 1 unspecified atom stereocenters. The molecule has 1 heterocycles. The van der Waals surface area contributed by atoms with Gasteiger partial charge in [0.05, 0.1) is 18.2 Å². The molecule has 1 atom stereocenters. The molecule has 2 N–H and O–H groups in total. The Bertz CT molecular complexity index is 896. The van der Waals surface area contributed by atoms with Gasteiger partial charge in [-0.25, -0.2) is 8.78 Å². The van der Waals surface area contributed by atoms with Crippen LogP contribution in [0.15, 0.2) is 24.8 Å². The SMILES string of the molecule is C=CC(=O)C1CC(N2CCN(C(=O)CNc3cc(C4CC4(F)F)c(Cl)cc3O)CC2)C1. The number of carbonyl (C=O) groups is 2. The van der Waals surface area contributed by atoms with Crippen LogP contribution >= 0.6 is 11.6 Å². The Hall–Kier alpha value is -2.19. The van der Waals surface area contributed by atoms with E-state index < -0.39 is 11.8 Å². The zero-order valence-corrected chi connectivity index (χ0v) is 17.9. The molecule has 6 nitrogen and oxygen atoms in total. The molecule has 3 fully saturated rings. The highest BCUT2D eigenvalue weighted by Crippen LogP contribution is 2.58. The smallest absolute Gasteiger partial charge is 0.255 e. The fourth-order valence-electron chi connectivity index (χ4n) is 4.44. The maximum absolute atomic E-state index is 13.4. The summed E-state index contributed by atoms with van der Waals surface area (Å²) in [6, 6.07) is 3.03. The Labute approximate surface area is 184 Å². The number of carbonyl (C=O) groups excluding carboxylic acids is 2. The molecule has 1 amide bonds. The summed E-state index contributed by atoms with van der Waals surface area (Å²) in [4.78, 5) is 28.3. The lowest BCUT2D eigenvalue weighted by Crippen LogP contribution is -2.56. The number of amides is 1. The van der Waals surface area contributed by atoms with Gasteiger partial charge in [0.15, 0.2) is 5.78 Å². The summed E-state index contributed by atoms with van der Waals surface area (Å²) in [6.45, 7) is 6.16. The van der Waals surface area contributed by atoms with Crippen LogP contribution in [0.5, 0.6) is 5.75 Å². The van der Waals surface area contributed by atoms with Crippen molar-refractivity contribution in [2.75, 3.05) is 38.0 Å². The molecular weight excluding hydrogens is 428 g/mol. The topological polar surface area (TPSA) is 72.9 Å². The van der Waals surface area contributed by atoms with Crippen molar-refractivity contribution in [1.29, 1.82) is 0 Å². The third kappa shape index (κ3) is 4.55. The van der Waals surface area contributed by atoms with E-state index in [-0.39, 0.29) is 52.6 Å². The van der Waals surface area contributed by atoms with Crippen LogP contribution in [-0.2, 0) is 9.59 Å². The summed E-state index contributed by atoms with van der Waals surface area (Å²) in [5.41, 5.74) is 0.503. The van der Waals surface area contributed by atoms with Gasteiger partial charge in [-0.15, -0.1) is 0 Å². The molecule has 2 aliphatic carbocycles. The molecule has 3 aliphatic rings. The molecule has 0 radical (unpaired) electrons. The maximum atomic E-state index is 13.4. The van der Waals surface area contributed by atoms with Crippen LogP contribution in [0.2, 0.25) is 5.02 Å². The van der Waals surface area contributed by atoms with E-state index in [4.69, 9.17) is 11.6 Å². The number of nitrogens with zero attached hydrogens (tertiary/aromatic N) is 2. The second-order valence-electron chi connectivity index (χ2n) is 8.61. The number of nitrogens with one attached hydrogen (secondary N) is 1. The van der Waals surface area contributed by atoms with Crippen LogP contribution in [0.25, 0.3) is 0 Å². The van der Waals surface area contributed by atoms with Crippen LogP contribution in [0.1, 0.15) is 30.7 Å². The number of ketones is 1. The van der Waals surface area contributed by atoms with Gasteiger partial charge in [-0.05, 0) is 30.5 Å². The summed E-state index contributed by atoms with van der Waals surface area (Å²) in [7, 11) is 0. The van der Waals surface area contributed by atoms with Gasteiger partial charge in [0.2, 0.25) is 5.91 Å². The van der Waals surface area contributed by atoms with Crippen molar-refractivity contribution in [3.63, 3.8) is 0 Å². The number of anilines is 1. The van der Waals surface area contributed by atoms with Crippen molar-refractivity contribution in [3.8, 4) is 5.75 Å². The number of alkyl halides is 2. The Morgan fingerprint density at radius 2 is 1.90 bits per heavy atom. The fourth-order valence-corrected chi connectivity index (χ4v) is 4.73. The molecule has 4 rings (SSSR count). The molecule has 1 aliphatic heterocycles. The number of rotatable bonds is 7. The monoisotopic (exact) mass is 453 g/mol. The molecule has 2 saturated carbocycles. The van der Waals surface area contributed by atoms with Gasteiger partial charge >= 0.3 is 0 Å². The number of piperazine rings is 1. The molecule has 9 heteroatoms. The number of benzene rings is 1. The zero-order valence-electron chi connectivity index (χ0n) is 17.1. The summed E-state index contributed by atoms with van der Waals surface area (Å²) in [6.07, 6.45) is 2.82. The van der Waals surface area contributed by atoms with E-state index in [0.717, 1.165) is 25.9 Å². The second kappa shape index (κ2) is 8.39. The number of hydrogen-bond acceptors (Lipinski definition) is 5. The summed E-state index contributed by atoms with van der Waals surface area (Å²) >= 11 is 6.01. The number of hydrogen-bond donors (Lipinski definition) is 2. The molecule has 1 saturated heterocycles. The van der Waals surface area contributed by atoms with Gasteiger partial charge in [-0.3, -0.25) is 14.5 Å². The average molecular weight is 454 g/mol. The Morgan fingerprint density at radius 3 is 2.48 bits per heavy atom. The lowest BCUT2D eigenvalue weighted by atomic mass is 9.76. The van der Waals surface area contributed by atoms with E-state index in [2.05, 4.69) is 16.8 Å². The zero-order chi connectivity index (χ0) is 22.3. The van der Waals surface area contributed by atoms with Crippen LogP contribution in [0, 0.1) is 5.92 Å². The van der Waals surface area contributed by atoms with Crippen molar-refractivity contribution >= 4 is 29.0 Å². The number of aromatic hydroxyl groups is 1. The largest absolute Gasteiger partial charge is 0.506 e. The minimum absolute atomic E-state index is 0.0466. The third-order valence-corrected chi connectivity index (χ3v) is 6.97. The molecule has 1 aromatic carbocycles. The first kappa shape index (κ1) is 22.0. The van der Waals surface area contributed by atoms with Gasteiger partial charge in [0.1, 0.15) is 5.75 Å². The van der Waals surface area contributed by atoms with Crippen molar-refractivity contribution in [2.45, 2.75) is 37.1 Å². The van der Waals surface area contributed by atoms with Gasteiger partial charge in [-0.2, -0.15) is 0 Å². The van der Waals surface area contributed by atoms with Crippen molar-refractivity contribution in [2.24, 2.45) is 5.92 Å². The highest BCUT2D eigenvalue weighted by molar-refractivity contribution is 6.31. The highest BCUT2D eigenvalue weighted by atomic mass is 35.5. The molecule has 0 aromatic heterocycles. The van der Waals surface area contributed by atoms with E-state index >= 15 is 0 Å². The standard InChI is InChI=1S/C22H26ClF2N3O3/c1-2-19(29)13-7-14(8-13)27-3-5-28(6-4-27)21(31)12-26-18-9-15(16-11-22(16,24)25)17(23)10-20(18)30/h2,9-10,13-14,16,26,30H,1,3-8,11-12H2. The third-order valence-electron chi connectivity index (χ3n) is 6.65. The van der Waals surface area contributed by atoms with Crippen LogP contribution in [-0.4, -0.2) is 71.3 Å². The van der Waals surface area contributed by atoms with Gasteiger partial charge in [0, 0.05) is 55.6 Å². The van der Waals surface area contributed by atoms with Crippen molar-refractivity contribution < 1.29 is 23.5 Å². The first-order valence-corrected chi connectivity index (χ1v) is 10.9. The van der Waals surface area contributed by atoms with E-state index in [1.807, 2.05) is 0 Å². The van der Waals surface area contributed by atoms with E-state index in [1.54, 1.807) is 4.90 Å². The van der Waals surface area contributed by atoms with Crippen LogP contribution in [0.4, 0.5) is 14.5 Å². The van der Waals surface area contributed by atoms with E-state index in [1.165, 1.54) is 18.2 Å². The summed E-state index contributed by atoms with van der Waals surface area (Å²) < 4.78 is 26.8. The van der Waals surface area contributed by atoms with Crippen LogP contribution < -0.4 is 5.32 Å². The number of phenolic OH excluding ortho intramolecular Hbond substituents is 1. The van der Waals surface area contributed by atoms with E-state index in [0.29, 0.717) is 19.1 Å². The highest BCUT2D eigenvalue weighted by Gasteiger charge is 2.58. The number of halogens is 3. The van der Waals surface area contributed by atoms with Gasteiger partial charge in [-0.1, -0.05) is 18.2 Å². The minimum Gasteiger partial charge on any atom is -0.506 e. The van der Waals surface area contributed by atoms with Crippen molar-refractivity contribution in [1.82, 2.24) is 9.80 Å². The Kier molecular flexibility index (Phi) is 5.96. The molecule has 168 valence electrons. The number of allylic oxidation sites excluding steroid dienone is 1. The molecule has 0 spiro atoms. The fraction of sp³-hybridized carbons (Fsp3) is 0.545. The predicted molar refractivity (Wildman–Crippen MR) is 114 cm³/mol. The minimum atomic E-state index is -2.77. The number of phenols is 1. The van der Waals surface area contributed by atoms with Crippen molar-refractivity contribution in [3.05, 3.63) is 35.4 Å². The average Bonchev–Trinajstić information content (AvgIpc) is 3.34. The quantitative estimate of drug-likeness (QED) is 0.490. The maximum Gasteiger partial charge on any atom is 0.255 e. The summed E-state index contributed by atoms with van der Waals surface area (Å²) in [5.74, 6) is -3.83. The first-order chi connectivity index (χ1) is 14.7. The predicted octanol–water partition coefficient (Wildman–Crippen LogP) is 3.26. The molecule has 1 aromatic rings. The first-order valence-electron chi connectivity index (χ1n) is 10.5. The lowest BCUT2D eigenvalue weighted by Gasteiger charge is -2.45. The van der Waals surface area contributed by atoms with Gasteiger partial charge < -0.3 is 15.3 Å². The summed E-state index contributed by atoms with van der Waals surface area (Å²) in [5, 5.41) is 13.0. The molecule has 31 heavy (non-hydrogen) atoms. The Morgan fingerprint density at radius 1 is 1.26 bits per heavy atom. The second-order valence-corrected chi connectivity index (χ2v) is 9.01. The van der Waals surface area contributed by atoms with E-state index in [9.17, 15) is 23.5 Å². The Balaban J connectivity index is 1.26. The van der Waals surface area contributed by atoms with Gasteiger partial charge in [0.25, 0.3) is 5.92 Å². The molecule has 0 bridgehead atoms.